The summed E-state index contributed by atoms with van der Waals surface area (Å²) in [7, 11) is 0. The number of hydrogen-bond donors (Lipinski definition) is 0. The molecular formula is C18H12BrClO2. The quantitative estimate of drug-likeness (QED) is 0.556. The van der Waals surface area contributed by atoms with Crippen molar-refractivity contribution in [2.75, 3.05) is 0 Å². The van der Waals surface area contributed by atoms with E-state index in [0.717, 1.165) is 20.8 Å². The Kier molecular flexibility index (Phi) is 4.46. The zero-order chi connectivity index (χ0) is 15.5. The molecule has 0 aromatic heterocycles. The molecule has 0 unspecified atom stereocenters. The molecule has 0 atom stereocenters. The van der Waals surface area contributed by atoms with E-state index in [1.807, 2.05) is 42.5 Å². The molecule has 0 fully saturated rings. The van der Waals surface area contributed by atoms with Gasteiger partial charge in [0, 0.05) is 9.50 Å². The Labute approximate surface area is 141 Å². The molecular weight excluding hydrogens is 364 g/mol. The van der Waals surface area contributed by atoms with Gasteiger partial charge in [0.15, 0.2) is 0 Å². The van der Waals surface area contributed by atoms with Gasteiger partial charge in [0.05, 0.1) is 5.56 Å². The van der Waals surface area contributed by atoms with Gasteiger partial charge in [0.25, 0.3) is 0 Å². The van der Waals surface area contributed by atoms with E-state index in [2.05, 4.69) is 15.9 Å². The number of carbonyl (C=O) groups is 1. The average molecular weight is 376 g/mol. The molecule has 0 amide bonds. The first-order valence-corrected chi connectivity index (χ1v) is 7.91. The minimum absolute atomic E-state index is 0.218. The van der Waals surface area contributed by atoms with Crippen molar-refractivity contribution in [1.29, 1.82) is 0 Å². The minimum atomic E-state index is -0.354. The van der Waals surface area contributed by atoms with E-state index in [1.54, 1.807) is 18.2 Å². The summed E-state index contributed by atoms with van der Waals surface area (Å²) in [6, 6.07) is 18.8. The van der Waals surface area contributed by atoms with Gasteiger partial charge in [-0.15, -0.1) is 0 Å². The smallest absolute Gasteiger partial charge is 0.339 e. The lowest BCUT2D eigenvalue weighted by atomic mass is 10.1. The fourth-order valence-corrected chi connectivity index (χ4v) is 2.98. The number of ether oxygens (including phenoxy) is 1. The Morgan fingerprint density at radius 1 is 1.00 bits per heavy atom. The van der Waals surface area contributed by atoms with Crippen molar-refractivity contribution in [3.05, 3.63) is 81.3 Å². The van der Waals surface area contributed by atoms with Crippen LogP contribution >= 0.6 is 27.5 Å². The van der Waals surface area contributed by atoms with Crippen LogP contribution in [0.1, 0.15) is 15.9 Å². The van der Waals surface area contributed by atoms with Crippen molar-refractivity contribution in [3.8, 4) is 0 Å². The molecule has 2 nitrogen and oxygen atoms in total. The number of rotatable bonds is 3. The van der Waals surface area contributed by atoms with E-state index in [1.165, 1.54) is 0 Å². The van der Waals surface area contributed by atoms with Crippen LogP contribution in [0.15, 0.2) is 65.1 Å². The van der Waals surface area contributed by atoms with E-state index in [0.29, 0.717) is 10.6 Å². The second kappa shape index (κ2) is 6.51. The molecule has 0 heterocycles. The van der Waals surface area contributed by atoms with Gasteiger partial charge in [-0.25, -0.2) is 4.79 Å². The first-order valence-electron chi connectivity index (χ1n) is 6.74. The molecule has 0 aliphatic rings. The Balaban J connectivity index is 1.80. The summed E-state index contributed by atoms with van der Waals surface area (Å²) < 4.78 is 6.13. The fraction of sp³-hybridized carbons (Fsp3) is 0.0556. The van der Waals surface area contributed by atoms with Crippen molar-refractivity contribution in [3.63, 3.8) is 0 Å². The van der Waals surface area contributed by atoms with Gasteiger partial charge in [0.2, 0.25) is 0 Å². The highest BCUT2D eigenvalue weighted by molar-refractivity contribution is 9.10. The van der Waals surface area contributed by atoms with Crippen molar-refractivity contribution in [2.45, 2.75) is 6.61 Å². The summed E-state index contributed by atoms with van der Waals surface area (Å²) in [6.07, 6.45) is 0. The van der Waals surface area contributed by atoms with Gasteiger partial charge in [0.1, 0.15) is 6.61 Å². The number of hydrogen-bond acceptors (Lipinski definition) is 2. The summed E-state index contributed by atoms with van der Waals surface area (Å²) in [5, 5.41) is 2.72. The van der Waals surface area contributed by atoms with Crippen LogP contribution < -0.4 is 0 Å². The highest BCUT2D eigenvalue weighted by atomic mass is 79.9. The zero-order valence-electron chi connectivity index (χ0n) is 11.6. The molecule has 0 N–H and O–H groups in total. The summed E-state index contributed by atoms with van der Waals surface area (Å²) in [6.45, 7) is 0.218. The lowest BCUT2D eigenvalue weighted by Crippen LogP contribution is -2.06. The van der Waals surface area contributed by atoms with E-state index >= 15 is 0 Å². The van der Waals surface area contributed by atoms with Gasteiger partial charge in [-0.3, -0.25) is 0 Å². The number of halogens is 2. The zero-order valence-corrected chi connectivity index (χ0v) is 13.9. The Morgan fingerprint density at radius 2 is 1.73 bits per heavy atom. The number of carbonyl (C=O) groups excluding carboxylic acids is 1. The monoisotopic (exact) mass is 374 g/mol. The highest BCUT2D eigenvalue weighted by Gasteiger charge is 2.14. The van der Waals surface area contributed by atoms with E-state index < -0.39 is 0 Å². The SMILES string of the molecule is O=C(OCc1ccc(Cl)cc1)c1ccc2ccccc2c1Br. The molecule has 0 radical (unpaired) electrons. The van der Waals surface area contributed by atoms with E-state index in [9.17, 15) is 4.79 Å². The second-order valence-electron chi connectivity index (χ2n) is 4.85. The third-order valence-corrected chi connectivity index (χ3v) is 4.47. The molecule has 0 saturated heterocycles. The van der Waals surface area contributed by atoms with E-state index in [4.69, 9.17) is 16.3 Å². The molecule has 0 bridgehead atoms. The first kappa shape index (κ1) is 15.1. The maximum Gasteiger partial charge on any atom is 0.339 e. The van der Waals surface area contributed by atoms with Crippen LogP contribution in [0.5, 0.6) is 0 Å². The highest BCUT2D eigenvalue weighted by Crippen LogP contribution is 2.28. The third kappa shape index (κ3) is 3.16. The van der Waals surface area contributed by atoms with E-state index in [-0.39, 0.29) is 12.6 Å². The predicted octanol–water partition coefficient (Wildman–Crippen LogP) is 5.61. The van der Waals surface area contributed by atoms with Crippen molar-refractivity contribution >= 4 is 44.3 Å². The summed E-state index contributed by atoms with van der Waals surface area (Å²) >= 11 is 9.33. The second-order valence-corrected chi connectivity index (χ2v) is 6.08. The van der Waals surface area contributed by atoms with Crippen LogP contribution in [0, 0.1) is 0 Å². The van der Waals surface area contributed by atoms with Crippen LogP contribution in [-0.4, -0.2) is 5.97 Å². The lowest BCUT2D eigenvalue weighted by molar-refractivity contribution is 0.0472. The topological polar surface area (TPSA) is 26.3 Å². The van der Waals surface area contributed by atoms with Gasteiger partial charge >= 0.3 is 5.97 Å². The molecule has 3 aromatic carbocycles. The van der Waals surface area contributed by atoms with Crippen LogP contribution in [-0.2, 0) is 11.3 Å². The maximum atomic E-state index is 12.3. The molecule has 110 valence electrons. The maximum absolute atomic E-state index is 12.3. The van der Waals surface area contributed by atoms with Crippen LogP contribution in [0.3, 0.4) is 0 Å². The normalized spacial score (nSPS) is 10.6. The number of esters is 1. The van der Waals surface area contributed by atoms with Crippen molar-refractivity contribution in [1.82, 2.24) is 0 Å². The summed E-state index contributed by atoms with van der Waals surface area (Å²) in [5.41, 5.74) is 1.42. The van der Waals surface area contributed by atoms with Crippen LogP contribution in [0.2, 0.25) is 5.02 Å². The molecule has 0 saturated carbocycles. The third-order valence-electron chi connectivity index (χ3n) is 3.37. The molecule has 22 heavy (non-hydrogen) atoms. The summed E-state index contributed by atoms with van der Waals surface area (Å²) in [4.78, 5) is 12.3. The van der Waals surface area contributed by atoms with Crippen molar-refractivity contribution in [2.24, 2.45) is 0 Å². The number of benzene rings is 3. The van der Waals surface area contributed by atoms with Gasteiger partial charge in [-0.2, -0.15) is 0 Å². The van der Waals surface area contributed by atoms with Gasteiger partial charge < -0.3 is 4.74 Å². The standard InChI is InChI=1S/C18H12BrClO2/c19-17-15-4-2-1-3-13(15)7-10-16(17)18(21)22-11-12-5-8-14(20)9-6-12/h1-10H,11H2. The van der Waals surface area contributed by atoms with Crippen molar-refractivity contribution < 1.29 is 9.53 Å². The lowest BCUT2D eigenvalue weighted by Gasteiger charge is -2.09. The number of fused-ring (bicyclic) bond motifs is 1. The largest absolute Gasteiger partial charge is 0.457 e. The summed E-state index contributed by atoms with van der Waals surface area (Å²) in [5.74, 6) is -0.354. The van der Waals surface area contributed by atoms with Crippen LogP contribution in [0.4, 0.5) is 0 Å². The first-order chi connectivity index (χ1) is 10.6. The molecule has 0 spiro atoms. The molecule has 0 aliphatic heterocycles. The average Bonchev–Trinajstić information content (AvgIpc) is 2.55. The molecule has 3 rings (SSSR count). The van der Waals surface area contributed by atoms with Gasteiger partial charge in [-0.1, -0.05) is 54.1 Å². The molecule has 4 heteroatoms. The minimum Gasteiger partial charge on any atom is -0.457 e. The predicted molar refractivity (Wildman–Crippen MR) is 92.2 cm³/mol. The Hall–Kier alpha value is -1.84. The Morgan fingerprint density at radius 3 is 2.50 bits per heavy atom. The molecule has 3 aromatic rings. The Bertz CT molecular complexity index is 828. The van der Waals surface area contributed by atoms with Crippen LogP contribution in [0.25, 0.3) is 10.8 Å². The fourth-order valence-electron chi connectivity index (χ4n) is 2.20. The van der Waals surface area contributed by atoms with Gasteiger partial charge in [-0.05, 0) is 50.5 Å². The molecule has 0 aliphatic carbocycles.